The standard InChI is InChI=1S/C10H19N3O2/c1-2-3-4-5-6-7-10(14)15-9-8-12-13-11/h2-9H2,1H3. The Labute approximate surface area is 90.4 Å². The van der Waals surface area contributed by atoms with Gasteiger partial charge in [0, 0.05) is 11.3 Å². The summed E-state index contributed by atoms with van der Waals surface area (Å²) in [4.78, 5) is 13.6. The number of carbonyl (C=O) groups excluding carboxylic acids is 1. The Hall–Kier alpha value is -1.22. The molecule has 0 heterocycles. The van der Waals surface area contributed by atoms with E-state index in [0.29, 0.717) is 6.42 Å². The number of carbonyl (C=O) groups is 1. The Balaban J connectivity index is 3.22. The summed E-state index contributed by atoms with van der Waals surface area (Å²) >= 11 is 0. The number of hydrogen-bond donors (Lipinski definition) is 0. The molecule has 0 fully saturated rings. The molecule has 0 amide bonds. The first kappa shape index (κ1) is 13.8. The fraction of sp³-hybridized carbons (Fsp3) is 0.900. The number of azide groups is 1. The van der Waals surface area contributed by atoms with Gasteiger partial charge in [0.25, 0.3) is 0 Å². The van der Waals surface area contributed by atoms with Gasteiger partial charge in [-0.1, -0.05) is 37.7 Å². The van der Waals surface area contributed by atoms with Gasteiger partial charge in [-0.25, -0.2) is 0 Å². The van der Waals surface area contributed by atoms with Crippen LogP contribution in [0.2, 0.25) is 0 Å². The van der Waals surface area contributed by atoms with Crippen molar-refractivity contribution in [3.8, 4) is 0 Å². The van der Waals surface area contributed by atoms with Crippen LogP contribution in [0.5, 0.6) is 0 Å². The van der Waals surface area contributed by atoms with Crippen molar-refractivity contribution in [2.24, 2.45) is 5.11 Å². The van der Waals surface area contributed by atoms with Crippen LogP contribution in [0, 0.1) is 0 Å². The summed E-state index contributed by atoms with van der Waals surface area (Å²) < 4.78 is 4.85. The molecule has 0 radical (unpaired) electrons. The molecule has 0 aliphatic heterocycles. The second-order valence-corrected chi connectivity index (χ2v) is 3.34. The van der Waals surface area contributed by atoms with Gasteiger partial charge < -0.3 is 4.74 Å². The molecule has 0 saturated carbocycles. The van der Waals surface area contributed by atoms with Gasteiger partial charge in [0.05, 0.1) is 13.2 Å². The Kier molecular flexibility index (Phi) is 9.98. The molecule has 0 rings (SSSR count). The van der Waals surface area contributed by atoms with Crippen molar-refractivity contribution in [2.75, 3.05) is 13.2 Å². The zero-order valence-electron chi connectivity index (χ0n) is 9.31. The van der Waals surface area contributed by atoms with Gasteiger partial charge in [0.1, 0.15) is 0 Å². The SMILES string of the molecule is CCCCCCCC(=O)OCCN=[N+]=[N-]. The topological polar surface area (TPSA) is 75.1 Å². The van der Waals surface area contributed by atoms with Crippen LogP contribution >= 0.6 is 0 Å². The van der Waals surface area contributed by atoms with Crippen molar-refractivity contribution < 1.29 is 9.53 Å². The van der Waals surface area contributed by atoms with E-state index in [4.69, 9.17) is 10.3 Å². The number of hydrogen-bond acceptors (Lipinski definition) is 3. The largest absolute Gasteiger partial charge is 0.466 e. The predicted molar refractivity (Wildman–Crippen MR) is 58.3 cm³/mol. The van der Waals surface area contributed by atoms with Gasteiger partial charge in [-0.3, -0.25) is 4.79 Å². The van der Waals surface area contributed by atoms with Crippen molar-refractivity contribution in [3.05, 3.63) is 10.4 Å². The third-order valence-electron chi connectivity index (χ3n) is 2.00. The molecule has 15 heavy (non-hydrogen) atoms. The summed E-state index contributed by atoms with van der Waals surface area (Å²) in [5.74, 6) is -0.195. The molecule has 0 unspecified atom stereocenters. The average molecular weight is 213 g/mol. The molecule has 0 aromatic carbocycles. The molecular formula is C10H19N3O2. The minimum absolute atomic E-state index is 0.192. The van der Waals surface area contributed by atoms with E-state index < -0.39 is 0 Å². The van der Waals surface area contributed by atoms with Crippen LogP contribution in [0.25, 0.3) is 10.4 Å². The molecular weight excluding hydrogens is 194 g/mol. The lowest BCUT2D eigenvalue weighted by Crippen LogP contribution is -2.07. The van der Waals surface area contributed by atoms with Crippen LogP contribution in [0.1, 0.15) is 45.4 Å². The molecule has 86 valence electrons. The van der Waals surface area contributed by atoms with Crippen molar-refractivity contribution in [2.45, 2.75) is 45.4 Å². The first-order chi connectivity index (χ1) is 7.31. The van der Waals surface area contributed by atoms with E-state index in [0.717, 1.165) is 12.8 Å². The van der Waals surface area contributed by atoms with Crippen LogP contribution < -0.4 is 0 Å². The second kappa shape index (κ2) is 10.9. The van der Waals surface area contributed by atoms with Gasteiger partial charge in [0.15, 0.2) is 0 Å². The van der Waals surface area contributed by atoms with Gasteiger partial charge in [-0.05, 0) is 12.0 Å². The lowest BCUT2D eigenvalue weighted by molar-refractivity contribution is -0.143. The molecule has 5 nitrogen and oxygen atoms in total. The minimum Gasteiger partial charge on any atom is -0.466 e. The minimum atomic E-state index is -0.195. The van der Waals surface area contributed by atoms with E-state index in [1.54, 1.807) is 0 Å². The normalized spacial score (nSPS) is 9.40. The van der Waals surface area contributed by atoms with E-state index in [1.165, 1.54) is 19.3 Å². The summed E-state index contributed by atoms with van der Waals surface area (Å²) in [6.07, 6.45) is 6.06. The third kappa shape index (κ3) is 10.7. The number of rotatable bonds is 9. The highest BCUT2D eigenvalue weighted by molar-refractivity contribution is 5.69. The highest BCUT2D eigenvalue weighted by atomic mass is 16.5. The molecule has 0 aliphatic carbocycles. The summed E-state index contributed by atoms with van der Waals surface area (Å²) in [7, 11) is 0. The molecule has 0 N–H and O–H groups in total. The Morgan fingerprint density at radius 1 is 1.33 bits per heavy atom. The van der Waals surface area contributed by atoms with Crippen molar-refractivity contribution in [1.82, 2.24) is 0 Å². The average Bonchev–Trinajstić information content (AvgIpc) is 2.24. The fourth-order valence-electron chi connectivity index (χ4n) is 1.19. The van der Waals surface area contributed by atoms with Gasteiger partial charge in [-0.15, -0.1) is 0 Å². The van der Waals surface area contributed by atoms with Gasteiger partial charge in [-0.2, -0.15) is 0 Å². The zero-order chi connectivity index (χ0) is 11.4. The smallest absolute Gasteiger partial charge is 0.305 e. The van der Waals surface area contributed by atoms with E-state index in [9.17, 15) is 4.79 Å². The number of ether oxygens (including phenoxy) is 1. The maximum absolute atomic E-state index is 11.1. The summed E-state index contributed by atoms with van der Waals surface area (Å²) in [6.45, 7) is 2.57. The van der Waals surface area contributed by atoms with Crippen molar-refractivity contribution in [3.63, 3.8) is 0 Å². The number of esters is 1. The fourth-order valence-corrected chi connectivity index (χ4v) is 1.19. The van der Waals surface area contributed by atoms with E-state index in [1.807, 2.05) is 0 Å². The Bertz CT molecular complexity index is 213. The Morgan fingerprint density at radius 3 is 2.73 bits per heavy atom. The molecule has 0 spiro atoms. The zero-order valence-corrected chi connectivity index (χ0v) is 9.31. The van der Waals surface area contributed by atoms with Crippen LogP contribution in [0.4, 0.5) is 0 Å². The summed E-state index contributed by atoms with van der Waals surface area (Å²) in [5, 5.41) is 3.27. The van der Waals surface area contributed by atoms with Crippen LogP contribution in [0.15, 0.2) is 5.11 Å². The molecule has 0 aliphatic rings. The van der Waals surface area contributed by atoms with Crippen molar-refractivity contribution >= 4 is 5.97 Å². The third-order valence-corrected chi connectivity index (χ3v) is 2.00. The molecule has 0 aromatic rings. The molecule has 0 aromatic heterocycles. The lowest BCUT2D eigenvalue weighted by Gasteiger charge is -2.02. The van der Waals surface area contributed by atoms with E-state index in [2.05, 4.69) is 16.9 Å². The molecule has 0 atom stereocenters. The highest BCUT2D eigenvalue weighted by Crippen LogP contribution is 2.05. The first-order valence-corrected chi connectivity index (χ1v) is 5.47. The van der Waals surface area contributed by atoms with Gasteiger partial charge >= 0.3 is 5.97 Å². The molecule has 5 heteroatoms. The molecule has 0 bridgehead atoms. The maximum Gasteiger partial charge on any atom is 0.305 e. The predicted octanol–water partition coefficient (Wildman–Crippen LogP) is 3.20. The quantitative estimate of drug-likeness (QED) is 0.194. The van der Waals surface area contributed by atoms with Crippen LogP contribution in [-0.4, -0.2) is 19.1 Å². The maximum atomic E-state index is 11.1. The lowest BCUT2D eigenvalue weighted by atomic mass is 10.1. The summed E-state index contributed by atoms with van der Waals surface area (Å²) in [6, 6.07) is 0. The van der Waals surface area contributed by atoms with Crippen molar-refractivity contribution in [1.29, 1.82) is 0 Å². The highest BCUT2D eigenvalue weighted by Gasteiger charge is 2.01. The van der Waals surface area contributed by atoms with Gasteiger partial charge in [0.2, 0.25) is 0 Å². The second-order valence-electron chi connectivity index (χ2n) is 3.34. The number of nitrogens with zero attached hydrogens (tertiary/aromatic N) is 3. The monoisotopic (exact) mass is 213 g/mol. The van der Waals surface area contributed by atoms with E-state index >= 15 is 0 Å². The Morgan fingerprint density at radius 2 is 2.07 bits per heavy atom. The van der Waals surface area contributed by atoms with Crippen LogP contribution in [0.3, 0.4) is 0 Å². The first-order valence-electron chi connectivity index (χ1n) is 5.47. The van der Waals surface area contributed by atoms with E-state index in [-0.39, 0.29) is 19.1 Å². The summed E-state index contributed by atoms with van der Waals surface area (Å²) in [5.41, 5.74) is 7.97. The van der Waals surface area contributed by atoms with Crippen LogP contribution in [-0.2, 0) is 9.53 Å². The number of unbranched alkanes of at least 4 members (excludes halogenated alkanes) is 4. The molecule has 0 saturated heterocycles.